The smallest absolute Gasteiger partial charge is 0.252 e. The molecule has 7 nitrogen and oxygen atoms in total. The second-order valence-corrected chi connectivity index (χ2v) is 7.14. The van der Waals surface area contributed by atoms with Crippen LogP contribution in [0.15, 0.2) is 60.8 Å². The summed E-state index contributed by atoms with van der Waals surface area (Å²) in [7, 11) is 0. The maximum atomic E-state index is 14.0. The first-order chi connectivity index (χ1) is 14.5. The number of rotatable bonds is 5. The lowest BCUT2D eigenvalue weighted by Gasteiger charge is -2.36. The zero-order valence-electron chi connectivity index (χ0n) is 16.4. The molecule has 1 saturated heterocycles. The van der Waals surface area contributed by atoms with Gasteiger partial charge in [0.15, 0.2) is 0 Å². The van der Waals surface area contributed by atoms with Crippen LogP contribution in [0.1, 0.15) is 10.4 Å². The van der Waals surface area contributed by atoms with Crippen LogP contribution < -0.4 is 10.6 Å². The van der Waals surface area contributed by atoms with Gasteiger partial charge in [-0.1, -0.05) is 42.5 Å². The van der Waals surface area contributed by atoms with Gasteiger partial charge in [0.1, 0.15) is 18.1 Å². The molecule has 0 saturated carbocycles. The first-order valence-corrected chi connectivity index (χ1v) is 9.73. The number of carbonyl (C=O) groups excluding carboxylic acids is 2. The predicted molar refractivity (Wildman–Crippen MR) is 111 cm³/mol. The van der Waals surface area contributed by atoms with Crippen molar-refractivity contribution in [2.75, 3.05) is 31.1 Å². The summed E-state index contributed by atoms with van der Waals surface area (Å²) in [5.74, 6) is -0.964. The highest BCUT2D eigenvalue weighted by atomic mass is 19.1. The van der Waals surface area contributed by atoms with Crippen LogP contribution in [-0.2, 0) is 11.3 Å². The van der Waals surface area contributed by atoms with Crippen molar-refractivity contribution in [3.8, 4) is 11.3 Å². The van der Waals surface area contributed by atoms with E-state index in [1.807, 2.05) is 35.2 Å². The Morgan fingerprint density at radius 3 is 2.30 bits per heavy atom. The Morgan fingerprint density at radius 2 is 1.63 bits per heavy atom. The molecular formula is C22H22FN5O2. The van der Waals surface area contributed by atoms with Crippen LogP contribution in [0.2, 0.25) is 0 Å². The molecule has 0 aliphatic carbocycles. The fourth-order valence-electron chi connectivity index (χ4n) is 3.64. The molecule has 0 unspecified atom stereocenters. The van der Waals surface area contributed by atoms with Crippen LogP contribution in [0.5, 0.6) is 0 Å². The van der Waals surface area contributed by atoms with Gasteiger partial charge in [-0.15, -0.1) is 0 Å². The van der Waals surface area contributed by atoms with Gasteiger partial charge in [0, 0.05) is 37.9 Å². The summed E-state index contributed by atoms with van der Waals surface area (Å²) in [6, 6.07) is 15.9. The molecule has 0 atom stereocenters. The predicted octanol–water partition coefficient (Wildman–Crippen LogP) is 2.14. The molecule has 8 heteroatoms. The van der Waals surface area contributed by atoms with E-state index in [1.54, 1.807) is 23.1 Å². The third kappa shape index (κ3) is 4.03. The second-order valence-electron chi connectivity index (χ2n) is 7.14. The van der Waals surface area contributed by atoms with Crippen LogP contribution in [0.3, 0.4) is 0 Å². The van der Waals surface area contributed by atoms with Crippen molar-refractivity contribution in [2.45, 2.75) is 6.54 Å². The summed E-state index contributed by atoms with van der Waals surface area (Å²) < 4.78 is 15.4. The Kier molecular flexibility index (Phi) is 5.47. The highest BCUT2D eigenvalue weighted by Crippen LogP contribution is 2.22. The third-order valence-electron chi connectivity index (χ3n) is 5.20. The summed E-state index contributed by atoms with van der Waals surface area (Å²) in [5, 5.41) is 4.42. The molecule has 30 heavy (non-hydrogen) atoms. The van der Waals surface area contributed by atoms with Crippen molar-refractivity contribution in [1.29, 1.82) is 0 Å². The number of aromatic nitrogens is 2. The van der Waals surface area contributed by atoms with Gasteiger partial charge in [-0.2, -0.15) is 5.10 Å². The van der Waals surface area contributed by atoms with Gasteiger partial charge < -0.3 is 15.5 Å². The minimum absolute atomic E-state index is 0.00676. The summed E-state index contributed by atoms with van der Waals surface area (Å²) in [6.45, 7) is 2.08. The number of amides is 2. The molecule has 4 rings (SSSR count). The van der Waals surface area contributed by atoms with Crippen molar-refractivity contribution in [2.24, 2.45) is 5.73 Å². The third-order valence-corrected chi connectivity index (χ3v) is 5.20. The highest BCUT2D eigenvalue weighted by Gasteiger charge is 2.24. The molecule has 1 aliphatic rings. The topological polar surface area (TPSA) is 84.5 Å². The Labute approximate surface area is 173 Å². The standard InChI is InChI=1S/C22H22FN5O2/c23-18-8-4-5-9-19(18)26-10-12-27(13-11-26)20(29)15-28-14-17(22(24)30)21(25-28)16-6-2-1-3-7-16/h1-9,14H,10-13,15H2,(H2,24,30). The van der Waals surface area contributed by atoms with Gasteiger partial charge in [-0.25, -0.2) is 4.39 Å². The van der Waals surface area contributed by atoms with Gasteiger partial charge in [0.25, 0.3) is 5.91 Å². The number of benzene rings is 2. The van der Waals surface area contributed by atoms with Crippen molar-refractivity contribution in [3.63, 3.8) is 0 Å². The van der Waals surface area contributed by atoms with E-state index in [2.05, 4.69) is 5.10 Å². The van der Waals surface area contributed by atoms with E-state index in [9.17, 15) is 14.0 Å². The quantitative estimate of drug-likeness (QED) is 0.702. The highest BCUT2D eigenvalue weighted by molar-refractivity contribution is 5.98. The van der Waals surface area contributed by atoms with E-state index in [0.717, 1.165) is 5.56 Å². The van der Waals surface area contributed by atoms with Gasteiger partial charge in [0.05, 0.1) is 11.3 Å². The number of piperazine rings is 1. The Hall–Kier alpha value is -3.68. The monoisotopic (exact) mass is 407 g/mol. The minimum atomic E-state index is -0.592. The lowest BCUT2D eigenvalue weighted by atomic mass is 10.1. The molecule has 1 fully saturated rings. The summed E-state index contributed by atoms with van der Waals surface area (Å²) in [4.78, 5) is 28.3. The molecule has 3 aromatic rings. The van der Waals surface area contributed by atoms with Crippen LogP contribution in [0, 0.1) is 5.82 Å². The normalized spacial score (nSPS) is 14.0. The van der Waals surface area contributed by atoms with Crippen molar-refractivity contribution in [3.05, 3.63) is 72.2 Å². The van der Waals surface area contributed by atoms with E-state index >= 15 is 0 Å². The zero-order valence-corrected chi connectivity index (χ0v) is 16.4. The molecule has 0 bridgehead atoms. The molecule has 0 radical (unpaired) electrons. The lowest BCUT2D eigenvalue weighted by molar-refractivity contribution is -0.132. The van der Waals surface area contributed by atoms with Gasteiger partial charge in [0.2, 0.25) is 5.91 Å². The average molecular weight is 407 g/mol. The second kappa shape index (κ2) is 8.36. The van der Waals surface area contributed by atoms with Gasteiger partial charge in [-0.3, -0.25) is 14.3 Å². The van der Waals surface area contributed by atoms with Crippen LogP contribution >= 0.6 is 0 Å². The Morgan fingerprint density at radius 1 is 0.967 bits per heavy atom. The molecule has 154 valence electrons. The van der Waals surface area contributed by atoms with Crippen LogP contribution in [-0.4, -0.2) is 52.7 Å². The molecular weight excluding hydrogens is 385 g/mol. The minimum Gasteiger partial charge on any atom is -0.366 e. The fraction of sp³-hybridized carbons (Fsp3) is 0.227. The van der Waals surface area contributed by atoms with E-state index in [-0.39, 0.29) is 23.8 Å². The molecule has 2 amide bonds. The molecule has 1 aliphatic heterocycles. The van der Waals surface area contributed by atoms with Crippen LogP contribution in [0.4, 0.5) is 10.1 Å². The van der Waals surface area contributed by atoms with Crippen LogP contribution in [0.25, 0.3) is 11.3 Å². The average Bonchev–Trinajstić information content (AvgIpc) is 3.19. The van der Waals surface area contributed by atoms with Gasteiger partial charge >= 0.3 is 0 Å². The maximum Gasteiger partial charge on any atom is 0.252 e. The summed E-state index contributed by atoms with van der Waals surface area (Å²) in [6.07, 6.45) is 1.51. The van der Waals surface area contributed by atoms with E-state index in [0.29, 0.717) is 37.6 Å². The molecule has 2 heterocycles. The number of primary amides is 1. The van der Waals surface area contributed by atoms with Crippen molar-refractivity contribution in [1.82, 2.24) is 14.7 Å². The first kappa shape index (κ1) is 19.6. The number of anilines is 1. The number of carbonyl (C=O) groups is 2. The Balaban J connectivity index is 1.44. The van der Waals surface area contributed by atoms with E-state index in [4.69, 9.17) is 5.73 Å². The zero-order chi connectivity index (χ0) is 21.1. The molecule has 1 aromatic heterocycles. The fourth-order valence-corrected chi connectivity index (χ4v) is 3.64. The molecule has 0 spiro atoms. The maximum absolute atomic E-state index is 14.0. The number of nitrogens with two attached hydrogens (primary N) is 1. The number of para-hydroxylation sites is 1. The first-order valence-electron chi connectivity index (χ1n) is 9.73. The summed E-state index contributed by atoms with van der Waals surface area (Å²) in [5.41, 5.74) is 7.54. The van der Waals surface area contributed by atoms with Crippen molar-refractivity contribution >= 4 is 17.5 Å². The van der Waals surface area contributed by atoms with Gasteiger partial charge in [-0.05, 0) is 12.1 Å². The SMILES string of the molecule is NC(=O)c1cn(CC(=O)N2CCN(c3ccccc3F)CC2)nc1-c1ccccc1. The number of nitrogens with zero attached hydrogens (tertiary/aromatic N) is 4. The molecule has 2 N–H and O–H groups in total. The van der Waals surface area contributed by atoms with E-state index in [1.165, 1.54) is 16.9 Å². The van der Waals surface area contributed by atoms with E-state index < -0.39 is 5.91 Å². The number of hydrogen-bond donors (Lipinski definition) is 1. The summed E-state index contributed by atoms with van der Waals surface area (Å²) >= 11 is 0. The number of hydrogen-bond acceptors (Lipinski definition) is 4. The van der Waals surface area contributed by atoms with Crippen molar-refractivity contribution < 1.29 is 14.0 Å². The number of halogens is 1. The molecule has 2 aromatic carbocycles. The Bertz CT molecular complexity index is 1060. The lowest BCUT2D eigenvalue weighted by Crippen LogP contribution is -2.49. The largest absolute Gasteiger partial charge is 0.366 e.